The van der Waals surface area contributed by atoms with E-state index in [1.54, 1.807) is 18.3 Å². The van der Waals surface area contributed by atoms with E-state index in [1.165, 1.54) is 6.92 Å². The maximum atomic E-state index is 12.1. The van der Waals surface area contributed by atoms with Gasteiger partial charge < -0.3 is 10.6 Å². The van der Waals surface area contributed by atoms with Gasteiger partial charge in [0.2, 0.25) is 11.8 Å². The molecule has 0 saturated carbocycles. The first-order valence-corrected chi connectivity index (χ1v) is 8.82. The maximum Gasteiger partial charge on any atom is 0.224 e. The number of carbonyl (C=O) groups is 2. The minimum Gasteiger partial charge on any atom is -0.355 e. The van der Waals surface area contributed by atoms with Crippen molar-refractivity contribution in [1.82, 2.24) is 15.1 Å². The van der Waals surface area contributed by atoms with Gasteiger partial charge >= 0.3 is 0 Å². The molecule has 27 heavy (non-hydrogen) atoms. The third-order valence-corrected chi connectivity index (χ3v) is 4.08. The van der Waals surface area contributed by atoms with Crippen LogP contribution < -0.4 is 10.6 Å². The Kier molecular flexibility index (Phi) is 5.99. The van der Waals surface area contributed by atoms with Crippen molar-refractivity contribution in [2.24, 2.45) is 0 Å². The van der Waals surface area contributed by atoms with E-state index in [-0.39, 0.29) is 11.8 Å². The van der Waals surface area contributed by atoms with Crippen molar-refractivity contribution in [1.29, 1.82) is 0 Å². The van der Waals surface area contributed by atoms with Gasteiger partial charge in [0.05, 0.1) is 12.1 Å². The highest BCUT2D eigenvalue weighted by molar-refractivity contribution is 5.88. The highest BCUT2D eigenvalue weighted by Crippen LogP contribution is 2.11. The highest BCUT2D eigenvalue weighted by atomic mass is 16.2. The Hall–Kier alpha value is -3.41. The lowest BCUT2D eigenvalue weighted by Crippen LogP contribution is -2.27. The van der Waals surface area contributed by atoms with E-state index in [9.17, 15) is 9.59 Å². The van der Waals surface area contributed by atoms with E-state index < -0.39 is 0 Å². The van der Waals surface area contributed by atoms with Gasteiger partial charge in [0.25, 0.3) is 0 Å². The number of anilines is 1. The van der Waals surface area contributed by atoms with Crippen LogP contribution in [0, 0.1) is 0 Å². The molecule has 6 heteroatoms. The topological polar surface area (TPSA) is 76.0 Å². The number of nitrogens with one attached hydrogen (secondary N) is 2. The van der Waals surface area contributed by atoms with Crippen LogP contribution in [0.25, 0.3) is 5.69 Å². The van der Waals surface area contributed by atoms with E-state index >= 15 is 0 Å². The summed E-state index contributed by atoms with van der Waals surface area (Å²) in [5.41, 5.74) is 3.80. The lowest BCUT2D eigenvalue weighted by atomic mass is 10.1. The van der Waals surface area contributed by atoms with Gasteiger partial charge in [-0.05, 0) is 47.9 Å². The molecule has 0 saturated heterocycles. The number of benzene rings is 2. The zero-order chi connectivity index (χ0) is 19.1. The molecular formula is C21H22N4O2. The van der Waals surface area contributed by atoms with Crippen molar-refractivity contribution in [2.75, 3.05) is 11.9 Å². The average molecular weight is 362 g/mol. The minimum absolute atomic E-state index is 0.0181. The van der Waals surface area contributed by atoms with Gasteiger partial charge in [0, 0.05) is 31.5 Å². The summed E-state index contributed by atoms with van der Waals surface area (Å²) in [5.74, 6) is -0.131. The number of carbonyl (C=O) groups excluding carboxylic acids is 2. The molecule has 1 aromatic heterocycles. The van der Waals surface area contributed by atoms with E-state index in [0.717, 1.165) is 28.9 Å². The largest absolute Gasteiger partial charge is 0.355 e. The number of hydrogen-bond acceptors (Lipinski definition) is 3. The molecule has 0 radical (unpaired) electrons. The van der Waals surface area contributed by atoms with Crippen molar-refractivity contribution in [2.45, 2.75) is 19.8 Å². The predicted octanol–water partition coefficient (Wildman–Crippen LogP) is 2.73. The van der Waals surface area contributed by atoms with Crippen molar-refractivity contribution < 1.29 is 9.59 Å². The van der Waals surface area contributed by atoms with Crippen LogP contribution in [0.3, 0.4) is 0 Å². The zero-order valence-corrected chi connectivity index (χ0v) is 15.2. The van der Waals surface area contributed by atoms with Gasteiger partial charge in [-0.1, -0.05) is 24.3 Å². The summed E-state index contributed by atoms with van der Waals surface area (Å²) in [6.07, 6.45) is 4.74. The van der Waals surface area contributed by atoms with Crippen molar-refractivity contribution in [3.8, 4) is 5.69 Å². The number of aromatic nitrogens is 2. The van der Waals surface area contributed by atoms with E-state index in [2.05, 4.69) is 15.7 Å². The third-order valence-electron chi connectivity index (χ3n) is 4.08. The maximum absolute atomic E-state index is 12.1. The van der Waals surface area contributed by atoms with Crippen LogP contribution in [0.15, 0.2) is 67.0 Å². The van der Waals surface area contributed by atoms with Gasteiger partial charge in [-0.3, -0.25) is 9.59 Å². The van der Waals surface area contributed by atoms with E-state index in [1.807, 2.05) is 53.3 Å². The second-order valence-electron chi connectivity index (χ2n) is 6.27. The Morgan fingerprint density at radius 1 is 1.00 bits per heavy atom. The first-order valence-electron chi connectivity index (χ1n) is 8.82. The van der Waals surface area contributed by atoms with Crippen LogP contribution in [0.4, 0.5) is 5.69 Å². The number of amides is 2. The SMILES string of the molecule is CC(=O)Nc1ccc(CC(=O)NCCc2ccc(-n3cccn3)cc2)cc1. The fourth-order valence-electron chi connectivity index (χ4n) is 2.74. The molecule has 1 heterocycles. The quantitative estimate of drug-likeness (QED) is 0.678. The fraction of sp³-hybridized carbons (Fsp3) is 0.190. The Labute approximate surface area is 158 Å². The first-order chi connectivity index (χ1) is 13.1. The van der Waals surface area contributed by atoms with Crippen LogP contribution in [-0.4, -0.2) is 28.1 Å². The van der Waals surface area contributed by atoms with Crippen LogP contribution in [0.2, 0.25) is 0 Å². The summed E-state index contributed by atoms with van der Waals surface area (Å²) >= 11 is 0. The van der Waals surface area contributed by atoms with Gasteiger partial charge in [0.1, 0.15) is 0 Å². The number of rotatable bonds is 7. The number of hydrogen-bond donors (Lipinski definition) is 2. The van der Waals surface area contributed by atoms with Crippen LogP contribution in [0.1, 0.15) is 18.1 Å². The van der Waals surface area contributed by atoms with E-state index in [4.69, 9.17) is 0 Å². The Bertz CT molecular complexity index is 885. The molecule has 138 valence electrons. The monoisotopic (exact) mass is 362 g/mol. The van der Waals surface area contributed by atoms with Crippen molar-refractivity contribution in [3.05, 3.63) is 78.1 Å². The molecule has 0 bridgehead atoms. The zero-order valence-electron chi connectivity index (χ0n) is 15.2. The lowest BCUT2D eigenvalue weighted by Gasteiger charge is -2.08. The predicted molar refractivity (Wildman–Crippen MR) is 105 cm³/mol. The fourth-order valence-corrected chi connectivity index (χ4v) is 2.74. The highest BCUT2D eigenvalue weighted by Gasteiger charge is 2.04. The third kappa shape index (κ3) is 5.54. The van der Waals surface area contributed by atoms with Crippen LogP contribution >= 0.6 is 0 Å². The number of nitrogens with zero attached hydrogens (tertiary/aromatic N) is 2. The summed E-state index contributed by atoms with van der Waals surface area (Å²) in [4.78, 5) is 23.1. The molecule has 3 rings (SSSR count). The first kappa shape index (κ1) is 18.4. The molecule has 2 amide bonds. The molecule has 6 nitrogen and oxygen atoms in total. The second kappa shape index (κ2) is 8.80. The molecule has 0 aliphatic rings. The normalized spacial score (nSPS) is 10.4. The molecule has 2 N–H and O–H groups in total. The Morgan fingerprint density at radius 2 is 1.70 bits per heavy atom. The molecule has 0 aliphatic heterocycles. The smallest absolute Gasteiger partial charge is 0.224 e. The summed E-state index contributed by atoms with van der Waals surface area (Å²) in [7, 11) is 0. The molecule has 3 aromatic rings. The molecule has 0 fully saturated rings. The van der Waals surface area contributed by atoms with Gasteiger partial charge in [-0.2, -0.15) is 5.10 Å². The Balaban J connectivity index is 1.43. The van der Waals surface area contributed by atoms with E-state index in [0.29, 0.717) is 13.0 Å². The molecule has 0 aliphatic carbocycles. The van der Waals surface area contributed by atoms with Crippen LogP contribution in [0.5, 0.6) is 0 Å². The average Bonchev–Trinajstić information content (AvgIpc) is 3.18. The molecular weight excluding hydrogens is 340 g/mol. The van der Waals surface area contributed by atoms with Gasteiger partial charge in [0.15, 0.2) is 0 Å². The summed E-state index contributed by atoms with van der Waals surface area (Å²) < 4.78 is 1.81. The second-order valence-corrected chi connectivity index (χ2v) is 6.27. The molecule has 0 atom stereocenters. The van der Waals surface area contributed by atoms with Gasteiger partial charge in [-0.25, -0.2) is 4.68 Å². The van der Waals surface area contributed by atoms with Crippen LogP contribution in [-0.2, 0) is 22.4 Å². The summed E-state index contributed by atoms with van der Waals surface area (Å²) in [6, 6.07) is 17.3. The van der Waals surface area contributed by atoms with Crippen molar-refractivity contribution in [3.63, 3.8) is 0 Å². The standard InChI is InChI=1S/C21H22N4O2/c1-16(26)24-19-7-3-18(4-8-19)15-21(27)22-13-11-17-5-9-20(10-6-17)25-14-2-12-23-25/h2-10,12,14H,11,13,15H2,1H3,(H,22,27)(H,24,26). The molecule has 2 aromatic carbocycles. The van der Waals surface area contributed by atoms with Gasteiger partial charge in [-0.15, -0.1) is 0 Å². The summed E-state index contributed by atoms with van der Waals surface area (Å²) in [6.45, 7) is 2.05. The minimum atomic E-state index is -0.113. The van der Waals surface area contributed by atoms with Crippen molar-refractivity contribution >= 4 is 17.5 Å². The Morgan fingerprint density at radius 3 is 2.33 bits per heavy atom. The molecule has 0 unspecified atom stereocenters. The molecule has 0 spiro atoms. The lowest BCUT2D eigenvalue weighted by molar-refractivity contribution is -0.120. The summed E-state index contributed by atoms with van der Waals surface area (Å²) in [5, 5.41) is 9.85.